The third-order valence-corrected chi connectivity index (χ3v) is 7.02. The number of carbonyl (C=O) groups excluding carboxylic acids is 2. The van der Waals surface area contributed by atoms with Crippen LogP contribution in [0.25, 0.3) is 21.8 Å². The average molecular weight is 559 g/mol. The van der Waals surface area contributed by atoms with Crippen LogP contribution in [0.2, 0.25) is 0 Å². The molecule has 15 heteroatoms. The Balaban J connectivity index is 1.83. The zero-order valence-electron chi connectivity index (χ0n) is 19.5. The molecule has 3 N–H and O–H groups in total. The van der Waals surface area contributed by atoms with Crippen molar-refractivity contribution in [2.24, 2.45) is 0 Å². The lowest BCUT2D eigenvalue weighted by atomic mass is 9.89. The maximum Gasteiger partial charge on any atom is 0.490 e. The number of aromatic nitrogens is 3. The molecule has 0 spiro atoms. The van der Waals surface area contributed by atoms with Crippen molar-refractivity contribution in [2.75, 3.05) is 12.3 Å². The number of hydrogen-bond acceptors (Lipinski definition) is 8. The lowest BCUT2D eigenvalue weighted by Crippen LogP contribution is -2.54. The van der Waals surface area contributed by atoms with Gasteiger partial charge in [0.05, 0.1) is 28.3 Å². The van der Waals surface area contributed by atoms with Gasteiger partial charge < -0.3 is 15.8 Å². The number of anilines is 1. The monoisotopic (exact) mass is 559 g/mol. The normalized spacial score (nSPS) is 15.6. The molecule has 2 aromatic heterocycles. The van der Waals surface area contributed by atoms with Crippen molar-refractivity contribution in [2.45, 2.75) is 43.6 Å². The molecule has 202 valence electrons. The molecule has 0 saturated heterocycles. The Kier molecular flexibility index (Phi) is 7.07. The first-order valence-electron chi connectivity index (χ1n) is 11.0. The van der Waals surface area contributed by atoms with Gasteiger partial charge in [-0.05, 0) is 31.4 Å². The second-order valence-corrected chi connectivity index (χ2v) is 9.63. The molecule has 3 aromatic rings. The Bertz CT molecular complexity index is 1370. The van der Waals surface area contributed by atoms with Gasteiger partial charge in [0.2, 0.25) is 12.0 Å². The van der Waals surface area contributed by atoms with Crippen LogP contribution in [-0.2, 0) is 19.9 Å². The SMILES string of the molecule is Cc1ccc(C(CNC=O)(OC(=O)C(F)(F)F)C(F)(F)F)cc1-c1cnc(N)c(-c2cnc(C3CC3)s2)n1. The minimum Gasteiger partial charge on any atom is -0.436 e. The van der Waals surface area contributed by atoms with Crippen LogP contribution in [0.15, 0.2) is 30.6 Å². The number of rotatable bonds is 8. The molecule has 8 nitrogen and oxygen atoms in total. The van der Waals surface area contributed by atoms with Crippen LogP contribution in [0.4, 0.5) is 32.2 Å². The van der Waals surface area contributed by atoms with Gasteiger partial charge in [0.25, 0.3) is 0 Å². The third kappa shape index (κ3) is 5.28. The highest BCUT2D eigenvalue weighted by atomic mass is 32.1. The topological polar surface area (TPSA) is 120 Å². The minimum absolute atomic E-state index is 0.0486. The Hall–Kier alpha value is -3.75. The van der Waals surface area contributed by atoms with E-state index in [-0.39, 0.29) is 29.2 Å². The van der Waals surface area contributed by atoms with Crippen molar-refractivity contribution < 1.29 is 40.7 Å². The summed E-state index contributed by atoms with van der Waals surface area (Å²) in [5, 5.41) is 2.58. The summed E-state index contributed by atoms with van der Waals surface area (Å²) in [6, 6.07) is 2.95. The van der Waals surface area contributed by atoms with E-state index >= 15 is 0 Å². The van der Waals surface area contributed by atoms with Crippen molar-refractivity contribution >= 4 is 29.5 Å². The van der Waals surface area contributed by atoms with Crippen molar-refractivity contribution in [3.8, 4) is 21.8 Å². The van der Waals surface area contributed by atoms with Gasteiger partial charge in [-0.25, -0.2) is 19.7 Å². The predicted molar refractivity (Wildman–Crippen MR) is 124 cm³/mol. The summed E-state index contributed by atoms with van der Waals surface area (Å²) < 4.78 is 85.9. The van der Waals surface area contributed by atoms with Crippen molar-refractivity contribution in [3.63, 3.8) is 0 Å². The summed E-state index contributed by atoms with van der Waals surface area (Å²) in [5.74, 6) is -2.66. The fraction of sp³-hybridized carbons (Fsp3) is 0.348. The Morgan fingerprint density at radius 2 is 1.89 bits per heavy atom. The first-order chi connectivity index (χ1) is 17.8. The molecule has 0 aliphatic heterocycles. The van der Waals surface area contributed by atoms with Gasteiger partial charge in [0.1, 0.15) is 5.69 Å². The second kappa shape index (κ2) is 9.85. The number of ether oxygens (including phenoxy) is 1. The van der Waals surface area contributed by atoms with E-state index in [9.17, 15) is 35.9 Å². The molecule has 2 heterocycles. The maximum atomic E-state index is 14.3. The average Bonchev–Trinajstić information content (AvgIpc) is 3.58. The fourth-order valence-electron chi connectivity index (χ4n) is 3.70. The highest BCUT2D eigenvalue weighted by molar-refractivity contribution is 7.15. The van der Waals surface area contributed by atoms with E-state index in [2.05, 4.69) is 19.7 Å². The Morgan fingerprint density at radius 1 is 1.18 bits per heavy atom. The number of amides is 1. The van der Waals surface area contributed by atoms with E-state index in [4.69, 9.17) is 5.73 Å². The summed E-state index contributed by atoms with van der Waals surface area (Å²) in [6.07, 6.45) is -6.64. The molecular weight excluding hydrogens is 540 g/mol. The van der Waals surface area contributed by atoms with E-state index in [0.717, 1.165) is 30.0 Å². The molecule has 1 unspecified atom stereocenters. The number of nitrogens with two attached hydrogens (primary N) is 1. The standard InChI is InChI=1S/C23H19F6N5O3S/c1-11-2-5-13(21(9-31-10-35,23(27,28)29)37-20(36)22(24,25)26)6-14(11)15-7-32-18(30)17(34-15)16-8-33-19(38-16)12-3-4-12/h2,5-8,10,12H,3-4,9H2,1H3,(H2,30,32)(H,31,35). The molecule has 1 saturated carbocycles. The van der Waals surface area contributed by atoms with Crippen LogP contribution in [-0.4, -0.2) is 46.2 Å². The van der Waals surface area contributed by atoms with Gasteiger partial charge in [-0.15, -0.1) is 11.3 Å². The minimum atomic E-state index is -5.73. The van der Waals surface area contributed by atoms with E-state index in [1.165, 1.54) is 30.5 Å². The summed E-state index contributed by atoms with van der Waals surface area (Å²) in [4.78, 5) is 35.9. The number of nitrogen functional groups attached to an aromatic ring is 1. The zero-order chi connectivity index (χ0) is 27.9. The third-order valence-electron chi connectivity index (χ3n) is 5.85. The van der Waals surface area contributed by atoms with Gasteiger partial charge in [-0.3, -0.25) is 4.79 Å². The van der Waals surface area contributed by atoms with Crippen LogP contribution >= 0.6 is 11.3 Å². The molecule has 1 aliphatic rings. The second-order valence-electron chi connectivity index (χ2n) is 8.57. The van der Waals surface area contributed by atoms with E-state index in [1.54, 1.807) is 11.5 Å². The van der Waals surface area contributed by atoms with Gasteiger partial charge in [0, 0.05) is 23.2 Å². The Morgan fingerprint density at radius 3 is 2.50 bits per heavy atom. The number of nitrogens with one attached hydrogen (secondary N) is 1. The number of halogens is 6. The fourth-order valence-corrected chi connectivity index (χ4v) is 4.78. The maximum absolute atomic E-state index is 14.3. The van der Waals surface area contributed by atoms with Crippen molar-refractivity contribution in [1.82, 2.24) is 20.3 Å². The van der Waals surface area contributed by atoms with Crippen molar-refractivity contribution in [1.29, 1.82) is 0 Å². The van der Waals surface area contributed by atoms with E-state index < -0.39 is 36.0 Å². The number of alkyl halides is 6. The number of carbonyl (C=O) groups is 2. The highest BCUT2D eigenvalue weighted by Gasteiger charge is 2.62. The molecule has 1 aliphatic carbocycles. The molecule has 0 bridgehead atoms. The molecular formula is C23H19F6N5O3S. The molecule has 1 amide bonds. The predicted octanol–water partition coefficient (Wildman–Crippen LogP) is 4.64. The molecule has 1 atom stereocenters. The van der Waals surface area contributed by atoms with Crippen LogP contribution < -0.4 is 11.1 Å². The quantitative estimate of drug-likeness (QED) is 0.234. The van der Waals surface area contributed by atoms with Gasteiger partial charge in [0.15, 0.2) is 5.82 Å². The van der Waals surface area contributed by atoms with E-state index in [0.29, 0.717) is 16.4 Å². The van der Waals surface area contributed by atoms with Gasteiger partial charge in [-0.2, -0.15) is 26.3 Å². The first-order valence-corrected chi connectivity index (χ1v) is 11.8. The van der Waals surface area contributed by atoms with Crippen LogP contribution in [0, 0.1) is 6.92 Å². The summed E-state index contributed by atoms with van der Waals surface area (Å²) in [5.41, 5.74) is 2.03. The zero-order valence-corrected chi connectivity index (χ0v) is 20.3. The molecule has 0 radical (unpaired) electrons. The lowest BCUT2D eigenvalue weighted by molar-refractivity contribution is -0.288. The first kappa shape index (κ1) is 27.3. The number of benzene rings is 1. The van der Waals surface area contributed by atoms with Gasteiger partial charge >= 0.3 is 18.3 Å². The summed E-state index contributed by atoms with van der Waals surface area (Å²) in [6.45, 7) is 0.0309. The van der Waals surface area contributed by atoms with Gasteiger partial charge in [-0.1, -0.05) is 12.1 Å². The van der Waals surface area contributed by atoms with E-state index in [1.807, 2.05) is 0 Å². The Labute approximate surface area is 215 Å². The lowest BCUT2D eigenvalue weighted by Gasteiger charge is -2.35. The van der Waals surface area contributed by atoms with Crippen molar-refractivity contribution in [3.05, 3.63) is 46.7 Å². The van der Waals surface area contributed by atoms with Crippen LogP contribution in [0.5, 0.6) is 0 Å². The number of hydrogen-bond donors (Lipinski definition) is 2. The summed E-state index contributed by atoms with van der Waals surface area (Å²) in [7, 11) is 0. The number of thiazole rings is 1. The number of esters is 1. The molecule has 1 fully saturated rings. The molecule has 1 aromatic carbocycles. The number of nitrogens with zero attached hydrogens (tertiary/aromatic N) is 3. The smallest absolute Gasteiger partial charge is 0.436 e. The molecule has 38 heavy (non-hydrogen) atoms. The molecule has 4 rings (SSSR count). The summed E-state index contributed by atoms with van der Waals surface area (Å²) >= 11 is 1.36. The van der Waals surface area contributed by atoms with Crippen LogP contribution in [0.1, 0.15) is 34.9 Å². The largest absolute Gasteiger partial charge is 0.490 e. The number of aryl methyl sites for hydroxylation is 1. The highest BCUT2D eigenvalue weighted by Crippen LogP contribution is 2.46. The van der Waals surface area contributed by atoms with Crippen LogP contribution in [0.3, 0.4) is 0 Å².